The van der Waals surface area contributed by atoms with Crippen molar-refractivity contribution in [2.24, 2.45) is 0 Å². The van der Waals surface area contributed by atoms with E-state index in [0.717, 1.165) is 0 Å². The highest BCUT2D eigenvalue weighted by Gasteiger charge is 2.30. The molecule has 0 aliphatic rings. The molecule has 0 radical (unpaired) electrons. The molecular formula is C10H18O10S4. The Morgan fingerprint density at radius 2 is 1.04 bits per heavy atom. The minimum Gasteiger partial charge on any atom is -0.480 e. The van der Waals surface area contributed by atoms with Crippen LogP contribution in [0, 0.1) is 0 Å². The third-order valence-corrected chi connectivity index (χ3v) is 7.63. The van der Waals surface area contributed by atoms with Crippen molar-refractivity contribution in [3.63, 3.8) is 0 Å². The number of carbonyl (C=O) groups is 2. The van der Waals surface area contributed by atoms with Gasteiger partial charge >= 0.3 is 11.9 Å². The lowest BCUT2D eigenvalue weighted by atomic mass is 10.2. The molecule has 0 aromatic rings. The fraction of sp³-hybridized carbons (Fsp3) is 0.800. The quantitative estimate of drug-likeness (QED) is 0.183. The summed E-state index contributed by atoms with van der Waals surface area (Å²) in [5.41, 5.74) is 0. The van der Waals surface area contributed by atoms with Gasteiger partial charge in [0.05, 0.1) is 0 Å². The number of rotatable bonds is 13. The predicted molar refractivity (Wildman–Crippen MR) is 89.3 cm³/mol. The molecule has 0 amide bonds. The molecule has 0 aliphatic carbocycles. The number of carboxylic acids is 2. The summed E-state index contributed by atoms with van der Waals surface area (Å²) in [5.74, 6) is -2.46. The Bertz CT molecular complexity index is 570. The van der Waals surface area contributed by atoms with E-state index in [0.29, 0.717) is 11.5 Å². The fourth-order valence-electron chi connectivity index (χ4n) is 1.57. The molecule has 0 aromatic heterocycles. The molecule has 0 aromatic carbocycles. The van der Waals surface area contributed by atoms with Crippen LogP contribution in [0.3, 0.4) is 0 Å². The molecular weight excluding hydrogens is 408 g/mol. The van der Waals surface area contributed by atoms with Crippen LogP contribution in [0.5, 0.6) is 0 Å². The second-order valence-electron chi connectivity index (χ2n) is 4.61. The molecule has 0 heterocycles. The Morgan fingerprint density at radius 1 is 0.750 bits per heavy atom. The average Bonchev–Trinajstić information content (AvgIpc) is 2.36. The van der Waals surface area contributed by atoms with E-state index in [4.69, 9.17) is 19.3 Å². The Hall–Kier alpha value is -0.540. The van der Waals surface area contributed by atoms with Gasteiger partial charge in [-0.2, -0.15) is 16.8 Å². The van der Waals surface area contributed by atoms with Crippen LogP contribution in [-0.4, -0.2) is 70.1 Å². The number of aliphatic carboxylic acids is 2. The van der Waals surface area contributed by atoms with Gasteiger partial charge in [-0.1, -0.05) is 21.6 Å². The number of hydrogen-bond acceptors (Lipinski definition) is 8. The lowest BCUT2D eigenvalue weighted by molar-refractivity contribution is -0.137. The second-order valence-corrected chi connectivity index (χ2v) is 10.5. The predicted octanol–water partition coefficient (Wildman–Crippen LogP) is 0.610. The van der Waals surface area contributed by atoms with Crippen LogP contribution in [0.15, 0.2) is 0 Å². The van der Waals surface area contributed by atoms with Crippen molar-refractivity contribution in [2.75, 3.05) is 11.5 Å². The van der Waals surface area contributed by atoms with Gasteiger partial charge in [0.25, 0.3) is 20.2 Å². The Morgan fingerprint density at radius 3 is 1.25 bits per heavy atom. The molecule has 4 N–H and O–H groups in total. The van der Waals surface area contributed by atoms with E-state index in [9.17, 15) is 26.4 Å². The van der Waals surface area contributed by atoms with Gasteiger partial charge in [-0.3, -0.25) is 18.7 Å². The van der Waals surface area contributed by atoms with Crippen molar-refractivity contribution < 1.29 is 45.7 Å². The summed E-state index contributed by atoms with van der Waals surface area (Å²) in [4.78, 5) is 21.4. The standard InChI is InChI=1S/C10H18O10S4/c11-9(12)7(23(15,16)17)3-1-5-21-22-6-2-4-8(10(13)14)24(18,19)20/h7-8H,1-6H2,(H,11,12)(H,13,14)(H,15,16,17)(H,18,19,20). The smallest absolute Gasteiger partial charge is 0.324 e. The highest BCUT2D eigenvalue weighted by Crippen LogP contribution is 2.25. The minimum atomic E-state index is -4.65. The first-order valence-corrected chi connectivity index (χ1v) is 12.0. The Labute approximate surface area is 147 Å². The molecule has 0 rings (SSSR count). The first kappa shape index (κ1) is 23.5. The highest BCUT2D eigenvalue weighted by molar-refractivity contribution is 8.76. The van der Waals surface area contributed by atoms with Crippen LogP contribution in [0.2, 0.25) is 0 Å². The van der Waals surface area contributed by atoms with Crippen molar-refractivity contribution in [3.8, 4) is 0 Å². The summed E-state index contributed by atoms with van der Waals surface area (Å²) < 4.78 is 60.8. The van der Waals surface area contributed by atoms with Gasteiger partial charge in [-0.15, -0.1) is 0 Å². The molecule has 2 unspecified atom stereocenters. The maximum absolute atomic E-state index is 10.8. The maximum atomic E-state index is 10.8. The first-order valence-electron chi connectivity index (χ1n) is 6.50. The molecule has 0 aliphatic heterocycles. The van der Waals surface area contributed by atoms with E-state index in [1.165, 1.54) is 21.6 Å². The summed E-state index contributed by atoms with van der Waals surface area (Å²) >= 11 is 0. The zero-order valence-corrected chi connectivity index (χ0v) is 15.5. The molecule has 142 valence electrons. The largest absolute Gasteiger partial charge is 0.480 e. The fourth-order valence-corrected chi connectivity index (χ4v) is 5.23. The van der Waals surface area contributed by atoms with E-state index in [1.54, 1.807) is 0 Å². The van der Waals surface area contributed by atoms with Crippen molar-refractivity contribution in [2.45, 2.75) is 36.2 Å². The van der Waals surface area contributed by atoms with Crippen LogP contribution in [0.1, 0.15) is 25.7 Å². The lowest BCUT2D eigenvalue weighted by Gasteiger charge is -2.09. The van der Waals surface area contributed by atoms with E-state index < -0.39 is 42.7 Å². The second kappa shape index (κ2) is 10.5. The Kier molecular flexibility index (Phi) is 10.2. The third kappa shape index (κ3) is 9.68. The lowest BCUT2D eigenvalue weighted by Crippen LogP contribution is -2.29. The number of hydrogen-bond donors (Lipinski definition) is 4. The van der Waals surface area contributed by atoms with Gasteiger partial charge < -0.3 is 10.2 Å². The van der Waals surface area contributed by atoms with E-state index in [-0.39, 0.29) is 25.7 Å². The SMILES string of the molecule is O=C(O)C(CCCSSCCCC(C(=O)O)S(=O)(=O)O)S(=O)(=O)O. The molecule has 24 heavy (non-hydrogen) atoms. The first-order chi connectivity index (χ1) is 10.9. The summed E-state index contributed by atoms with van der Waals surface area (Å²) in [7, 11) is -6.75. The van der Waals surface area contributed by atoms with Gasteiger partial charge in [0.2, 0.25) is 0 Å². The summed E-state index contributed by atoms with van der Waals surface area (Å²) in [6.45, 7) is 0. The average molecular weight is 427 g/mol. The van der Waals surface area contributed by atoms with E-state index >= 15 is 0 Å². The molecule has 14 heteroatoms. The monoisotopic (exact) mass is 426 g/mol. The van der Waals surface area contributed by atoms with Gasteiger partial charge in [0.15, 0.2) is 10.5 Å². The third-order valence-electron chi connectivity index (χ3n) is 2.74. The van der Waals surface area contributed by atoms with E-state index in [1.807, 2.05) is 0 Å². The molecule has 0 saturated heterocycles. The van der Waals surface area contributed by atoms with Gasteiger partial charge in [0, 0.05) is 11.5 Å². The Balaban J connectivity index is 3.97. The van der Waals surface area contributed by atoms with Gasteiger partial charge in [-0.05, 0) is 25.7 Å². The minimum absolute atomic E-state index is 0.219. The maximum Gasteiger partial charge on any atom is 0.324 e. The van der Waals surface area contributed by atoms with Crippen LogP contribution < -0.4 is 0 Å². The number of carboxylic acid groups (broad SMARTS) is 2. The zero-order chi connectivity index (χ0) is 19.0. The van der Waals surface area contributed by atoms with Crippen molar-refractivity contribution in [1.82, 2.24) is 0 Å². The van der Waals surface area contributed by atoms with Crippen LogP contribution in [-0.2, 0) is 29.8 Å². The summed E-state index contributed by atoms with van der Waals surface area (Å²) in [5, 5.41) is 13.6. The molecule has 0 bridgehead atoms. The van der Waals surface area contributed by atoms with Crippen molar-refractivity contribution in [3.05, 3.63) is 0 Å². The highest BCUT2D eigenvalue weighted by atomic mass is 33.1. The molecule has 0 fully saturated rings. The van der Waals surface area contributed by atoms with Gasteiger partial charge in [-0.25, -0.2) is 0 Å². The molecule has 2 atom stereocenters. The topological polar surface area (TPSA) is 183 Å². The van der Waals surface area contributed by atoms with Crippen LogP contribution in [0.4, 0.5) is 0 Å². The zero-order valence-electron chi connectivity index (χ0n) is 12.3. The van der Waals surface area contributed by atoms with Crippen molar-refractivity contribution in [1.29, 1.82) is 0 Å². The molecule has 0 saturated carbocycles. The molecule has 0 spiro atoms. The van der Waals surface area contributed by atoms with Crippen LogP contribution in [0.25, 0.3) is 0 Å². The normalized spacial score (nSPS) is 14.9. The van der Waals surface area contributed by atoms with Crippen LogP contribution >= 0.6 is 21.6 Å². The van der Waals surface area contributed by atoms with E-state index in [2.05, 4.69) is 0 Å². The van der Waals surface area contributed by atoms with Gasteiger partial charge in [0.1, 0.15) is 0 Å². The van der Waals surface area contributed by atoms with Crippen molar-refractivity contribution >= 4 is 53.8 Å². The molecule has 10 nitrogen and oxygen atoms in total. The summed E-state index contributed by atoms with van der Waals surface area (Å²) in [6.07, 6.45) is -0.0501. The summed E-state index contributed by atoms with van der Waals surface area (Å²) in [6, 6.07) is 0.